The Morgan fingerprint density at radius 1 is 1.11 bits per heavy atom. The van der Waals surface area contributed by atoms with E-state index in [-0.39, 0.29) is 11.9 Å². The second kappa shape index (κ2) is 6.73. The summed E-state index contributed by atoms with van der Waals surface area (Å²) in [4.78, 5) is 2.06. The number of benzene rings is 2. The summed E-state index contributed by atoms with van der Waals surface area (Å²) < 4.78 is 14.0. The molecule has 0 aromatic heterocycles. The number of halogens is 1. The Bertz CT molecular complexity index is 528. The van der Waals surface area contributed by atoms with Crippen molar-refractivity contribution in [3.63, 3.8) is 0 Å². The lowest BCUT2D eigenvalue weighted by Gasteiger charge is -2.14. The smallest absolute Gasteiger partial charge is 0.127 e. The molecular weight excluding hydrogens is 257 g/mol. The van der Waals surface area contributed by atoms with Gasteiger partial charge in [-0.1, -0.05) is 43.0 Å². The first kappa shape index (κ1) is 14.1. The third-order valence-corrected chi connectivity index (χ3v) is 4.15. The van der Waals surface area contributed by atoms with Gasteiger partial charge in [0.15, 0.2) is 0 Å². The summed E-state index contributed by atoms with van der Waals surface area (Å²) in [7, 11) is 0. The molecule has 0 aliphatic carbocycles. The minimum atomic E-state index is -0.162. The first-order chi connectivity index (χ1) is 9.20. The molecule has 0 heterocycles. The van der Waals surface area contributed by atoms with E-state index < -0.39 is 0 Å². The molecule has 0 saturated heterocycles. The molecule has 0 radical (unpaired) electrons. The van der Waals surface area contributed by atoms with Crippen molar-refractivity contribution >= 4 is 11.8 Å². The Balaban J connectivity index is 2.27. The van der Waals surface area contributed by atoms with E-state index in [1.807, 2.05) is 43.3 Å². The van der Waals surface area contributed by atoms with E-state index in [4.69, 9.17) is 5.73 Å². The zero-order chi connectivity index (χ0) is 13.7. The molecule has 0 aliphatic heterocycles. The van der Waals surface area contributed by atoms with Crippen LogP contribution in [-0.4, -0.2) is 6.04 Å². The van der Waals surface area contributed by atoms with Crippen molar-refractivity contribution in [3.05, 3.63) is 59.9 Å². The fourth-order valence-corrected chi connectivity index (χ4v) is 2.85. The van der Waals surface area contributed by atoms with E-state index >= 15 is 0 Å². The molecule has 0 fully saturated rings. The molecule has 0 bridgehead atoms. The number of hydrogen-bond acceptors (Lipinski definition) is 2. The maximum atomic E-state index is 14.0. The van der Waals surface area contributed by atoms with Gasteiger partial charge in [-0.25, -0.2) is 4.39 Å². The average Bonchev–Trinajstić information content (AvgIpc) is 2.43. The third kappa shape index (κ3) is 3.82. The van der Waals surface area contributed by atoms with Crippen molar-refractivity contribution in [2.75, 3.05) is 0 Å². The highest BCUT2D eigenvalue weighted by Gasteiger charge is 2.12. The van der Waals surface area contributed by atoms with Gasteiger partial charge in [0, 0.05) is 21.4 Å². The van der Waals surface area contributed by atoms with Crippen LogP contribution in [0.1, 0.15) is 18.9 Å². The molecule has 100 valence electrons. The van der Waals surface area contributed by atoms with Gasteiger partial charge in [0.25, 0.3) is 0 Å². The van der Waals surface area contributed by atoms with E-state index in [1.165, 1.54) is 6.07 Å². The van der Waals surface area contributed by atoms with Crippen LogP contribution >= 0.6 is 11.8 Å². The van der Waals surface area contributed by atoms with Gasteiger partial charge >= 0.3 is 0 Å². The van der Waals surface area contributed by atoms with Crippen LogP contribution in [0.2, 0.25) is 0 Å². The standard InChI is InChI=1S/C16H18FNS/c1-2-12(18)11-14-15(17)9-6-10-16(14)19-13-7-4-3-5-8-13/h3-10,12H,2,11,18H2,1H3. The van der Waals surface area contributed by atoms with Crippen molar-refractivity contribution in [1.29, 1.82) is 0 Å². The predicted octanol–water partition coefficient (Wildman–Crippen LogP) is 4.26. The van der Waals surface area contributed by atoms with Crippen LogP contribution in [0, 0.1) is 5.82 Å². The first-order valence-corrected chi connectivity index (χ1v) is 7.28. The molecule has 0 aliphatic rings. The molecule has 1 atom stereocenters. The van der Waals surface area contributed by atoms with E-state index in [0.29, 0.717) is 6.42 Å². The van der Waals surface area contributed by atoms with Gasteiger partial charge in [0.2, 0.25) is 0 Å². The predicted molar refractivity (Wildman–Crippen MR) is 78.9 cm³/mol. The fraction of sp³-hybridized carbons (Fsp3) is 0.250. The lowest BCUT2D eigenvalue weighted by atomic mass is 10.0. The number of rotatable bonds is 5. The first-order valence-electron chi connectivity index (χ1n) is 6.46. The lowest BCUT2D eigenvalue weighted by molar-refractivity contribution is 0.571. The third-order valence-electron chi connectivity index (χ3n) is 3.04. The summed E-state index contributed by atoms with van der Waals surface area (Å²) in [6.45, 7) is 2.02. The lowest BCUT2D eigenvalue weighted by Crippen LogP contribution is -2.22. The minimum absolute atomic E-state index is 0.00650. The molecule has 2 aromatic rings. The highest BCUT2D eigenvalue weighted by atomic mass is 32.2. The summed E-state index contributed by atoms with van der Waals surface area (Å²) in [5.41, 5.74) is 6.69. The second-order valence-corrected chi connectivity index (χ2v) is 5.62. The molecule has 0 amide bonds. The Labute approximate surface area is 118 Å². The van der Waals surface area contributed by atoms with Gasteiger partial charge in [-0.2, -0.15) is 0 Å². The van der Waals surface area contributed by atoms with Gasteiger partial charge in [-0.15, -0.1) is 0 Å². The molecule has 0 saturated carbocycles. The van der Waals surface area contributed by atoms with Crippen molar-refractivity contribution in [3.8, 4) is 0 Å². The topological polar surface area (TPSA) is 26.0 Å². The van der Waals surface area contributed by atoms with Gasteiger partial charge < -0.3 is 5.73 Å². The van der Waals surface area contributed by atoms with Gasteiger partial charge in [0.05, 0.1) is 0 Å². The summed E-state index contributed by atoms with van der Waals surface area (Å²) >= 11 is 1.59. The monoisotopic (exact) mass is 275 g/mol. The van der Waals surface area contributed by atoms with E-state index in [2.05, 4.69) is 0 Å². The van der Waals surface area contributed by atoms with Crippen LogP contribution in [0.3, 0.4) is 0 Å². The quantitative estimate of drug-likeness (QED) is 0.882. The largest absolute Gasteiger partial charge is 0.327 e. The van der Waals surface area contributed by atoms with Crippen LogP contribution in [0.25, 0.3) is 0 Å². The maximum Gasteiger partial charge on any atom is 0.127 e. The van der Waals surface area contributed by atoms with Crippen LogP contribution < -0.4 is 5.73 Å². The highest BCUT2D eigenvalue weighted by molar-refractivity contribution is 7.99. The molecular formula is C16H18FNS. The highest BCUT2D eigenvalue weighted by Crippen LogP contribution is 2.32. The summed E-state index contributed by atoms with van der Waals surface area (Å²) in [6.07, 6.45) is 1.43. The SMILES string of the molecule is CCC(N)Cc1c(F)cccc1Sc1ccccc1. The van der Waals surface area contributed by atoms with Crippen LogP contribution in [0.5, 0.6) is 0 Å². The van der Waals surface area contributed by atoms with Crippen molar-refractivity contribution in [2.45, 2.75) is 35.6 Å². The Morgan fingerprint density at radius 2 is 1.84 bits per heavy atom. The van der Waals surface area contributed by atoms with Crippen LogP contribution in [-0.2, 0) is 6.42 Å². The van der Waals surface area contributed by atoms with E-state index in [0.717, 1.165) is 21.8 Å². The Morgan fingerprint density at radius 3 is 2.53 bits per heavy atom. The van der Waals surface area contributed by atoms with E-state index in [9.17, 15) is 4.39 Å². The molecule has 1 unspecified atom stereocenters. The molecule has 19 heavy (non-hydrogen) atoms. The minimum Gasteiger partial charge on any atom is -0.327 e. The van der Waals surface area contributed by atoms with E-state index in [1.54, 1.807) is 17.8 Å². The van der Waals surface area contributed by atoms with Crippen molar-refractivity contribution < 1.29 is 4.39 Å². The molecule has 2 rings (SSSR count). The molecule has 1 nitrogen and oxygen atoms in total. The zero-order valence-electron chi connectivity index (χ0n) is 11.0. The van der Waals surface area contributed by atoms with Crippen molar-refractivity contribution in [2.24, 2.45) is 5.73 Å². The van der Waals surface area contributed by atoms with Crippen molar-refractivity contribution in [1.82, 2.24) is 0 Å². The normalized spacial score (nSPS) is 12.4. The molecule has 2 aromatic carbocycles. The van der Waals surface area contributed by atoms with Gasteiger partial charge in [-0.05, 0) is 37.1 Å². The summed E-state index contributed by atoms with van der Waals surface area (Å²) in [5, 5.41) is 0. The molecule has 2 N–H and O–H groups in total. The second-order valence-electron chi connectivity index (χ2n) is 4.50. The average molecular weight is 275 g/mol. The Kier molecular flexibility index (Phi) is 5.00. The molecule has 3 heteroatoms. The zero-order valence-corrected chi connectivity index (χ0v) is 11.8. The van der Waals surface area contributed by atoms with Crippen LogP contribution in [0.4, 0.5) is 4.39 Å². The number of nitrogens with two attached hydrogens (primary N) is 1. The number of hydrogen-bond donors (Lipinski definition) is 1. The Hall–Kier alpha value is -1.32. The van der Waals surface area contributed by atoms with Crippen LogP contribution in [0.15, 0.2) is 58.3 Å². The summed E-state index contributed by atoms with van der Waals surface area (Å²) in [5.74, 6) is -0.162. The fourth-order valence-electron chi connectivity index (χ4n) is 1.85. The van der Waals surface area contributed by atoms with Gasteiger partial charge in [0.1, 0.15) is 5.82 Å². The van der Waals surface area contributed by atoms with Gasteiger partial charge in [-0.3, -0.25) is 0 Å². The molecule has 0 spiro atoms. The summed E-state index contributed by atoms with van der Waals surface area (Å²) in [6, 6.07) is 15.2. The maximum absolute atomic E-state index is 14.0.